The summed E-state index contributed by atoms with van der Waals surface area (Å²) in [5.74, 6) is -1.80. The van der Waals surface area contributed by atoms with Crippen LogP contribution >= 0.6 is 0 Å². The summed E-state index contributed by atoms with van der Waals surface area (Å²) in [5, 5.41) is 9.06. The Morgan fingerprint density at radius 3 is 2.35 bits per heavy atom. The SMILES string of the molecule is O=C(COc1ccc(/C=N\NC(=O)C(=O)NC2CCCC2)cc1)Nc1ccc(F)cc1. The number of benzene rings is 2. The lowest BCUT2D eigenvalue weighted by molar-refractivity contribution is -0.139. The summed E-state index contributed by atoms with van der Waals surface area (Å²) in [6.07, 6.45) is 5.30. The number of carbonyl (C=O) groups excluding carboxylic acids is 3. The fourth-order valence-electron chi connectivity index (χ4n) is 3.07. The van der Waals surface area contributed by atoms with Crippen LogP contribution in [-0.2, 0) is 14.4 Å². The molecule has 1 aliphatic carbocycles. The molecule has 1 aliphatic rings. The van der Waals surface area contributed by atoms with Crippen LogP contribution in [0.15, 0.2) is 53.6 Å². The van der Waals surface area contributed by atoms with Crippen molar-refractivity contribution in [3.05, 3.63) is 59.9 Å². The molecular formula is C22H23FN4O4. The fraction of sp³-hybridized carbons (Fsp3) is 0.273. The summed E-state index contributed by atoms with van der Waals surface area (Å²) < 4.78 is 18.3. The van der Waals surface area contributed by atoms with Gasteiger partial charge >= 0.3 is 11.8 Å². The normalized spacial score (nSPS) is 13.7. The minimum atomic E-state index is -0.810. The minimum Gasteiger partial charge on any atom is -0.484 e. The molecule has 0 unspecified atom stereocenters. The second-order valence-electron chi connectivity index (χ2n) is 7.07. The molecule has 9 heteroatoms. The number of amides is 3. The van der Waals surface area contributed by atoms with E-state index in [9.17, 15) is 18.8 Å². The largest absolute Gasteiger partial charge is 0.484 e. The standard InChI is InChI=1S/C22H23FN4O4/c23-16-7-9-18(10-8-16)25-20(28)14-31-19-11-5-15(6-12-19)13-24-27-22(30)21(29)26-17-3-1-2-4-17/h5-13,17H,1-4,14H2,(H,25,28)(H,26,29)(H,27,30)/b24-13-. The fourth-order valence-corrected chi connectivity index (χ4v) is 3.07. The van der Waals surface area contributed by atoms with Gasteiger partial charge in [0.1, 0.15) is 11.6 Å². The Hall–Kier alpha value is -3.75. The molecule has 3 rings (SSSR count). The van der Waals surface area contributed by atoms with Gasteiger partial charge < -0.3 is 15.4 Å². The quantitative estimate of drug-likeness (QED) is 0.359. The van der Waals surface area contributed by atoms with Gasteiger partial charge in [0.25, 0.3) is 5.91 Å². The molecule has 0 aromatic heterocycles. The first-order valence-corrected chi connectivity index (χ1v) is 9.92. The van der Waals surface area contributed by atoms with Crippen LogP contribution in [0.1, 0.15) is 31.2 Å². The number of hydrazone groups is 1. The molecule has 0 saturated heterocycles. The average molecular weight is 426 g/mol. The molecule has 31 heavy (non-hydrogen) atoms. The maximum Gasteiger partial charge on any atom is 0.329 e. The second kappa shape index (κ2) is 10.9. The van der Waals surface area contributed by atoms with Gasteiger partial charge in [-0.05, 0) is 66.9 Å². The molecule has 1 fully saturated rings. The molecule has 162 valence electrons. The number of halogens is 1. The molecule has 3 N–H and O–H groups in total. The van der Waals surface area contributed by atoms with Gasteiger partial charge in [0.2, 0.25) is 0 Å². The number of ether oxygens (including phenoxy) is 1. The lowest BCUT2D eigenvalue weighted by Gasteiger charge is -2.10. The number of carbonyl (C=O) groups is 3. The van der Waals surface area contributed by atoms with E-state index in [0.29, 0.717) is 17.0 Å². The zero-order valence-electron chi connectivity index (χ0n) is 16.8. The third kappa shape index (κ3) is 7.22. The van der Waals surface area contributed by atoms with Crippen LogP contribution in [0.2, 0.25) is 0 Å². The van der Waals surface area contributed by atoms with Gasteiger partial charge in [-0.2, -0.15) is 5.10 Å². The summed E-state index contributed by atoms with van der Waals surface area (Å²) in [4.78, 5) is 35.4. The molecule has 2 aromatic rings. The zero-order chi connectivity index (χ0) is 22.1. The summed E-state index contributed by atoms with van der Waals surface area (Å²) >= 11 is 0. The predicted molar refractivity (Wildman–Crippen MR) is 113 cm³/mol. The van der Waals surface area contributed by atoms with Crippen molar-refractivity contribution < 1.29 is 23.5 Å². The first kappa shape index (κ1) is 21.9. The van der Waals surface area contributed by atoms with E-state index in [1.54, 1.807) is 24.3 Å². The maximum absolute atomic E-state index is 12.9. The van der Waals surface area contributed by atoms with Crippen LogP contribution < -0.4 is 20.8 Å². The van der Waals surface area contributed by atoms with Crippen molar-refractivity contribution in [1.82, 2.24) is 10.7 Å². The molecule has 0 spiro atoms. The highest BCUT2D eigenvalue weighted by Gasteiger charge is 2.20. The van der Waals surface area contributed by atoms with Gasteiger partial charge in [0.05, 0.1) is 6.21 Å². The Bertz CT molecular complexity index is 939. The highest BCUT2D eigenvalue weighted by molar-refractivity contribution is 6.35. The number of hydrogen-bond acceptors (Lipinski definition) is 5. The van der Waals surface area contributed by atoms with Gasteiger partial charge in [-0.15, -0.1) is 0 Å². The van der Waals surface area contributed by atoms with Crippen molar-refractivity contribution >= 4 is 29.6 Å². The summed E-state index contributed by atoms with van der Waals surface area (Å²) in [6, 6.07) is 12.1. The Labute approximate surface area is 178 Å². The molecule has 3 amide bonds. The molecular weight excluding hydrogens is 403 g/mol. The Kier molecular flexibility index (Phi) is 7.69. The number of rotatable bonds is 7. The van der Waals surface area contributed by atoms with Crippen molar-refractivity contribution in [2.45, 2.75) is 31.7 Å². The lowest BCUT2D eigenvalue weighted by atomic mass is 10.2. The van der Waals surface area contributed by atoms with E-state index in [4.69, 9.17) is 4.74 Å². The molecule has 0 heterocycles. The van der Waals surface area contributed by atoms with Crippen molar-refractivity contribution in [3.8, 4) is 5.75 Å². The first-order valence-electron chi connectivity index (χ1n) is 9.92. The van der Waals surface area contributed by atoms with E-state index in [1.807, 2.05) is 0 Å². The first-order chi connectivity index (χ1) is 15.0. The number of anilines is 1. The monoisotopic (exact) mass is 426 g/mol. The van der Waals surface area contributed by atoms with Crippen molar-refractivity contribution in [1.29, 1.82) is 0 Å². The summed E-state index contributed by atoms with van der Waals surface area (Å²) in [7, 11) is 0. The van der Waals surface area contributed by atoms with Crippen LogP contribution in [0.4, 0.5) is 10.1 Å². The van der Waals surface area contributed by atoms with Crippen LogP contribution in [0.5, 0.6) is 5.75 Å². The lowest BCUT2D eigenvalue weighted by Crippen LogP contribution is -2.42. The van der Waals surface area contributed by atoms with E-state index < -0.39 is 11.8 Å². The molecule has 0 atom stereocenters. The maximum atomic E-state index is 12.9. The van der Waals surface area contributed by atoms with Crippen LogP contribution in [0, 0.1) is 5.82 Å². The van der Waals surface area contributed by atoms with E-state index in [-0.39, 0.29) is 24.4 Å². The van der Waals surface area contributed by atoms with Crippen LogP contribution in [-0.4, -0.2) is 36.6 Å². The zero-order valence-corrected chi connectivity index (χ0v) is 16.8. The number of nitrogens with one attached hydrogen (secondary N) is 3. The second-order valence-corrected chi connectivity index (χ2v) is 7.07. The molecule has 8 nitrogen and oxygen atoms in total. The summed E-state index contributed by atoms with van der Waals surface area (Å²) in [6.45, 7) is -0.211. The van der Waals surface area contributed by atoms with E-state index in [2.05, 4.69) is 21.2 Å². The third-order valence-electron chi connectivity index (χ3n) is 4.65. The Morgan fingerprint density at radius 1 is 1.00 bits per heavy atom. The van der Waals surface area contributed by atoms with E-state index >= 15 is 0 Å². The van der Waals surface area contributed by atoms with E-state index in [0.717, 1.165) is 25.7 Å². The molecule has 0 bridgehead atoms. The van der Waals surface area contributed by atoms with Gasteiger partial charge in [0, 0.05) is 11.7 Å². The van der Waals surface area contributed by atoms with Crippen LogP contribution in [0.25, 0.3) is 0 Å². The number of nitrogens with zero attached hydrogens (tertiary/aromatic N) is 1. The number of hydrogen-bond donors (Lipinski definition) is 3. The van der Waals surface area contributed by atoms with Gasteiger partial charge in [-0.25, -0.2) is 9.82 Å². The molecule has 1 saturated carbocycles. The van der Waals surface area contributed by atoms with Crippen molar-refractivity contribution in [2.75, 3.05) is 11.9 Å². The summed E-state index contributed by atoms with van der Waals surface area (Å²) in [5.41, 5.74) is 3.34. The van der Waals surface area contributed by atoms with Gasteiger partial charge in [-0.1, -0.05) is 12.8 Å². The van der Waals surface area contributed by atoms with Gasteiger partial charge in [0.15, 0.2) is 6.61 Å². The van der Waals surface area contributed by atoms with Crippen LogP contribution in [0.3, 0.4) is 0 Å². The highest BCUT2D eigenvalue weighted by atomic mass is 19.1. The van der Waals surface area contributed by atoms with Crippen molar-refractivity contribution in [3.63, 3.8) is 0 Å². The van der Waals surface area contributed by atoms with Gasteiger partial charge in [-0.3, -0.25) is 14.4 Å². The Balaban J connectivity index is 1.39. The van der Waals surface area contributed by atoms with E-state index in [1.165, 1.54) is 30.5 Å². The molecule has 0 radical (unpaired) electrons. The Morgan fingerprint density at radius 2 is 1.68 bits per heavy atom. The minimum absolute atomic E-state index is 0.0625. The predicted octanol–water partition coefficient (Wildman–Crippen LogP) is 2.35. The molecule has 0 aliphatic heterocycles. The van der Waals surface area contributed by atoms with Crippen molar-refractivity contribution in [2.24, 2.45) is 5.10 Å². The topological polar surface area (TPSA) is 109 Å². The highest BCUT2D eigenvalue weighted by Crippen LogP contribution is 2.17. The average Bonchev–Trinajstić information content (AvgIpc) is 3.28. The smallest absolute Gasteiger partial charge is 0.329 e. The third-order valence-corrected chi connectivity index (χ3v) is 4.65. The molecule has 2 aromatic carbocycles.